The van der Waals surface area contributed by atoms with E-state index in [0.29, 0.717) is 5.56 Å². The van der Waals surface area contributed by atoms with Crippen molar-refractivity contribution < 1.29 is 9.53 Å². The molecule has 2 aromatic carbocycles. The molecule has 1 atom stereocenters. The van der Waals surface area contributed by atoms with Crippen LogP contribution in [-0.4, -0.2) is 22.6 Å². The van der Waals surface area contributed by atoms with Crippen molar-refractivity contribution >= 4 is 5.91 Å². The van der Waals surface area contributed by atoms with Crippen LogP contribution in [0, 0.1) is 0 Å². The molecular formula is C20H21N3O2. The Morgan fingerprint density at radius 3 is 2.48 bits per heavy atom. The number of hydrogen-bond acceptors (Lipinski definition) is 3. The van der Waals surface area contributed by atoms with E-state index in [2.05, 4.69) is 10.3 Å². The summed E-state index contributed by atoms with van der Waals surface area (Å²) in [7, 11) is 1.64. The van der Waals surface area contributed by atoms with Crippen molar-refractivity contribution in [3.63, 3.8) is 0 Å². The molecule has 0 radical (unpaired) electrons. The molecule has 5 heteroatoms. The van der Waals surface area contributed by atoms with Gasteiger partial charge in [-0.3, -0.25) is 4.79 Å². The Balaban J connectivity index is 1.61. The second-order valence-electron chi connectivity index (χ2n) is 5.90. The van der Waals surface area contributed by atoms with Gasteiger partial charge in [-0.2, -0.15) is 0 Å². The van der Waals surface area contributed by atoms with Crippen LogP contribution in [0.1, 0.15) is 34.5 Å². The maximum Gasteiger partial charge on any atom is 0.251 e. The maximum atomic E-state index is 12.4. The smallest absolute Gasteiger partial charge is 0.251 e. The number of benzene rings is 2. The zero-order valence-electron chi connectivity index (χ0n) is 14.3. The van der Waals surface area contributed by atoms with E-state index in [4.69, 9.17) is 4.74 Å². The Bertz CT molecular complexity index is 809. The number of hydrogen-bond donors (Lipinski definition) is 1. The quantitative estimate of drug-likeness (QED) is 0.751. The first kappa shape index (κ1) is 16.8. The normalized spacial score (nSPS) is 11.8. The molecule has 0 aliphatic heterocycles. The minimum Gasteiger partial charge on any atom is -0.497 e. The summed E-state index contributed by atoms with van der Waals surface area (Å²) < 4.78 is 7.14. The van der Waals surface area contributed by atoms with E-state index < -0.39 is 0 Å². The minimum absolute atomic E-state index is 0.0796. The Kier molecular flexibility index (Phi) is 5.14. The highest BCUT2D eigenvalue weighted by molar-refractivity contribution is 5.94. The highest BCUT2D eigenvalue weighted by Crippen LogP contribution is 2.18. The Morgan fingerprint density at radius 2 is 1.88 bits per heavy atom. The molecule has 0 saturated heterocycles. The lowest BCUT2D eigenvalue weighted by atomic mass is 10.1. The zero-order valence-corrected chi connectivity index (χ0v) is 14.3. The number of ether oxygens (including phenoxy) is 1. The topological polar surface area (TPSA) is 56.1 Å². The second kappa shape index (κ2) is 7.66. The van der Waals surface area contributed by atoms with E-state index in [0.717, 1.165) is 23.4 Å². The number of methoxy groups -OCH3 is 1. The molecular weight excluding hydrogens is 314 g/mol. The molecule has 1 amide bonds. The standard InChI is InChI=1S/C20H21N3O2/c1-15(17-7-9-19(25-2)10-8-17)22-20(24)18-5-3-16(4-6-18)13-23-12-11-21-14-23/h3-12,14-15H,13H2,1-2H3,(H,22,24). The number of rotatable bonds is 6. The average Bonchev–Trinajstić information content (AvgIpc) is 3.15. The Morgan fingerprint density at radius 1 is 1.16 bits per heavy atom. The first-order valence-corrected chi connectivity index (χ1v) is 8.15. The predicted molar refractivity (Wildman–Crippen MR) is 96.6 cm³/mol. The van der Waals surface area contributed by atoms with Gasteiger partial charge in [-0.25, -0.2) is 4.98 Å². The third kappa shape index (κ3) is 4.26. The number of nitrogens with one attached hydrogen (secondary N) is 1. The molecule has 0 aliphatic carbocycles. The van der Waals surface area contributed by atoms with E-state index >= 15 is 0 Å². The van der Waals surface area contributed by atoms with Gasteiger partial charge < -0.3 is 14.6 Å². The van der Waals surface area contributed by atoms with E-state index in [1.807, 2.05) is 66.2 Å². The fraction of sp³-hybridized carbons (Fsp3) is 0.200. The Hall–Kier alpha value is -3.08. The maximum absolute atomic E-state index is 12.4. The van der Waals surface area contributed by atoms with Gasteiger partial charge in [0.1, 0.15) is 5.75 Å². The van der Waals surface area contributed by atoms with Crippen molar-refractivity contribution in [3.05, 3.63) is 83.9 Å². The summed E-state index contributed by atoms with van der Waals surface area (Å²) in [5.74, 6) is 0.716. The highest BCUT2D eigenvalue weighted by Gasteiger charge is 2.11. The van der Waals surface area contributed by atoms with Crippen LogP contribution in [0.2, 0.25) is 0 Å². The van der Waals surface area contributed by atoms with Gasteiger partial charge in [-0.1, -0.05) is 24.3 Å². The van der Waals surface area contributed by atoms with Crippen molar-refractivity contribution in [2.45, 2.75) is 19.5 Å². The van der Waals surface area contributed by atoms with Gasteiger partial charge in [0.15, 0.2) is 0 Å². The molecule has 3 rings (SSSR count). The number of nitrogens with zero attached hydrogens (tertiary/aromatic N) is 2. The lowest BCUT2D eigenvalue weighted by Gasteiger charge is -2.15. The van der Waals surface area contributed by atoms with Crippen molar-refractivity contribution in [2.24, 2.45) is 0 Å². The van der Waals surface area contributed by atoms with Gasteiger partial charge in [-0.05, 0) is 42.3 Å². The number of amides is 1. The molecule has 1 N–H and O–H groups in total. The van der Waals surface area contributed by atoms with Crippen LogP contribution in [0.3, 0.4) is 0 Å². The van der Waals surface area contributed by atoms with Crippen LogP contribution in [-0.2, 0) is 6.54 Å². The van der Waals surface area contributed by atoms with Crippen LogP contribution >= 0.6 is 0 Å². The first-order chi connectivity index (χ1) is 12.2. The van der Waals surface area contributed by atoms with Gasteiger partial charge in [0.2, 0.25) is 0 Å². The summed E-state index contributed by atoms with van der Waals surface area (Å²) >= 11 is 0. The third-order valence-electron chi connectivity index (χ3n) is 4.10. The molecule has 1 aromatic heterocycles. The molecule has 1 unspecified atom stereocenters. The van der Waals surface area contributed by atoms with Gasteiger partial charge in [0, 0.05) is 24.5 Å². The summed E-state index contributed by atoms with van der Waals surface area (Å²) in [4.78, 5) is 16.5. The summed E-state index contributed by atoms with van der Waals surface area (Å²) in [5, 5.41) is 3.02. The molecule has 0 fully saturated rings. The average molecular weight is 335 g/mol. The van der Waals surface area contributed by atoms with Crippen LogP contribution in [0.5, 0.6) is 5.75 Å². The number of carbonyl (C=O) groups excluding carboxylic acids is 1. The molecule has 1 heterocycles. The number of aromatic nitrogens is 2. The van der Waals surface area contributed by atoms with Crippen LogP contribution < -0.4 is 10.1 Å². The highest BCUT2D eigenvalue weighted by atomic mass is 16.5. The number of carbonyl (C=O) groups is 1. The SMILES string of the molecule is COc1ccc(C(C)NC(=O)c2ccc(Cn3ccnc3)cc2)cc1. The molecule has 5 nitrogen and oxygen atoms in total. The van der Waals surface area contributed by atoms with E-state index in [1.54, 1.807) is 19.6 Å². The molecule has 3 aromatic rings. The summed E-state index contributed by atoms with van der Waals surface area (Å²) in [6.45, 7) is 2.71. The van der Waals surface area contributed by atoms with E-state index in [1.165, 1.54) is 0 Å². The van der Waals surface area contributed by atoms with Gasteiger partial charge >= 0.3 is 0 Å². The van der Waals surface area contributed by atoms with Crippen molar-refractivity contribution in [3.8, 4) is 5.75 Å². The minimum atomic E-state index is -0.0856. The Labute approximate surface area is 147 Å². The lowest BCUT2D eigenvalue weighted by Crippen LogP contribution is -2.26. The van der Waals surface area contributed by atoms with Crippen molar-refractivity contribution in [1.82, 2.24) is 14.9 Å². The number of imidazole rings is 1. The monoisotopic (exact) mass is 335 g/mol. The van der Waals surface area contributed by atoms with Crippen molar-refractivity contribution in [1.29, 1.82) is 0 Å². The van der Waals surface area contributed by atoms with Crippen molar-refractivity contribution in [2.75, 3.05) is 7.11 Å². The van der Waals surface area contributed by atoms with Crippen LogP contribution in [0.25, 0.3) is 0 Å². The summed E-state index contributed by atoms with van der Waals surface area (Å²) in [6, 6.07) is 15.2. The van der Waals surface area contributed by atoms with Crippen LogP contribution in [0.15, 0.2) is 67.3 Å². The van der Waals surface area contributed by atoms with E-state index in [9.17, 15) is 4.79 Å². The largest absolute Gasteiger partial charge is 0.497 e. The molecule has 0 spiro atoms. The molecule has 0 bridgehead atoms. The molecule has 0 saturated carbocycles. The zero-order chi connectivity index (χ0) is 17.6. The fourth-order valence-electron chi connectivity index (χ4n) is 2.61. The molecule has 128 valence electrons. The summed E-state index contributed by atoms with van der Waals surface area (Å²) in [6.07, 6.45) is 5.44. The third-order valence-corrected chi connectivity index (χ3v) is 4.10. The summed E-state index contributed by atoms with van der Waals surface area (Å²) in [5.41, 5.74) is 2.80. The second-order valence-corrected chi connectivity index (χ2v) is 5.90. The van der Waals surface area contributed by atoms with Gasteiger partial charge in [-0.15, -0.1) is 0 Å². The van der Waals surface area contributed by atoms with Gasteiger partial charge in [0.25, 0.3) is 5.91 Å². The molecule has 0 aliphatic rings. The first-order valence-electron chi connectivity index (χ1n) is 8.15. The fourth-order valence-corrected chi connectivity index (χ4v) is 2.61. The lowest BCUT2D eigenvalue weighted by molar-refractivity contribution is 0.0940. The van der Waals surface area contributed by atoms with Gasteiger partial charge in [0.05, 0.1) is 19.5 Å². The van der Waals surface area contributed by atoms with Crippen LogP contribution in [0.4, 0.5) is 0 Å². The van der Waals surface area contributed by atoms with E-state index in [-0.39, 0.29) is 11.9 Å². The molecule has 25 heavy (non-hydrogen) atoms. The predicted octanol–water partition coefficient (Wildman–Crippen LogP) is 3.43.